The van der Waals surface area contributed by atoms with Crippen LogP contribution in [-0.4, -0.2) is 28.3 Å². The van der Waals surface area contributed by atoms with Crippen molar-refractivity contribution in [3.05, 3.63) is 80.1 Å². The van der Waals surface area contributed by atoms with Gasteiger partial charge in [0, 0.05) is 10.7 Å². The molecular formula is C23H23Cl2N3O3. The molecule has 0 atom stereocenters. The minimum absolute atomic E-state index is 0.129. The number of anilines is 1. The Morgan fingerprint density at radius 1 is 1.06 bits per heavy atom. The lowest BCUT2D eigenvalue weighted by Gasteiger charge is -2.13. The monoisotopic (exact) mass is 459 g/mol. The standard InChI is InChI=1S/C23H23Cl2N3O3/c1-13-9-14(2)21(15(3)10-13)26-19(29)12-31-23(30)20-16(4)27-28(22(20)25)11-17-7-5-6-8-18(17)24/h5-10H,11-12H2,1-4H3,(H,26,29). The molecule has 0 aliphatic heterocycles. The first-order valence-corrected chi connectivity index (χ1v) is 10.4. The fourth-order valence-corrected chi connectivity index (χ4v) is 3.94. The summed E-state index contributed by atoms with van der Waals surface area (Å²) < 4.78 is 6.68. The molecule has 0 aliphatic carbocycles. The predicted octanol–water partition coefficient (Wildman–Crippen LogP) is 5.27. The summed E-state index contributed by atoms with van der Waals surface area (Å²) in [5, 5.41) is 7.83. The minimum atomic E-state index is -0.708. The zero-order valence-corrected chi connectivity index (χ0v) is 19.3. The number of halogens is 2. The summed E-state index contributed by atoms with van der Waals surface area (Å²) in [4.78, 5) is 24.9. The van der Waals surface area contributed by atoms with Gasteiger partial charge in [-0.2, -0.15) is 5.10 Å². The third-order valence-corrected chi connectivity index (χ3v) is 5.58. The number of nitrogens with zero attached hydrogens (tertiary/aromatic N) is 2. The lowest BCUT2D eigenvalue weighted by atomic mass is 10.1. The Labute approximate surface area is 191 Å². The Balaban J connectivity index is 1.68. The van der Waals surface area contributed by atoms with Crippen LogP contribution < -0.4 is 5.32 Å². The number of carbonyl (C=O) groups excluding carboxylic acids is 2. The maximum atomic E-state index is 12.6. The number of amides is 1. The van der Waals surface area contributed by atoms with Gasteiger partial charge in [-0.15, -0.1) is 0 Å². The van der Waals surface area contributed by atoms with Crippen LogP contribution in [0.1, 0.15) is 38.3 Å². The molecule has 1 N–H and O–H groups in total. The van der Waals surface area contributed by atoms with Crippen LogP contribution in [0.15, 0.2) is 36.4 Å². The van der Waals surface area contributed by atoms with Crippen molar-refractivity contribution in [2.45, 2.75) is 34.2 Å². The van der Waals surface area contributed by atoms with Crippen LogP contribution in [0.3, 0.4) is 0 Å². The number of ether oxygens (including phenoxy) is 1. The zero-order valence-electron chi connectivity index (χ0n) is 17.8. The maximum Gasteiger partial charge on any atom is 0.343 e. The topological polar surface area (TPSA) is 73.2 Å². The van der Waals surface area contributed by atoms with Gasteiger partial charge in [0.2, 0.25) is 0 Å². The summed E-state index contributed by atoms with van der Waals surface area (Å²) in [5.41, 5.74) is 5.06. The van der Waals surface area contributed by atoms with E-state index in [9.17, 15) is 9.59 Å². The highest BCUT2D eigenvalue weighted by molar-refractivity contribution is 6.33. The quantitative estimate of drug-likeness (QED) is 0.509. The number of aryl methyl sites for hydroxylation is 4. The van der Waals surface area contributed by atoms with E-state index >= 15 is 0 Å². The molecule has 0 aliphatic rings. The first-order chi connectivity index (χ1) is 14.7. The van der Waals surface area contributed by atoms with Crippen molar-refractivity contribution in [2.75, 3.05) is 11.9 Å². The second kappa shape index (κ2) is 9.54. The molecule has 0 fully saturated rings. The van der Waals surface area contributed by atoms with Gasteiger partial charge in [-0.05, 0) is 50.5 Å². The lowest BCUT2D eigenvalue weighted by molar-refractivity contribution is -0.119. The fraction of sp³-hybridized carbons (Fsp3) is 0.261. The molecule has 31 heavy (non-hydrogen) atoms. The molecule has 6 nitrogen and oxygen atoms in total. The van der Waals surface area contributed by atoms with Gasteiger partial charge in [0.25, 0.3) is 5.91 Å². The van der Waals surface area contributed by atoms with E-state index < -0.39 is 18.5 Å². The number of hydrogen-bond acceptors (Lipinski definition) is 4. The van der Waals surface area contributed by atoms with Crippen molar-refractivity contribution in [1.29, 1.82) is 0 Å². The molecule has 0 bridgehead atoms. The summed E-state index contributed by atoms with van der Waals surface area (Å²) in [6, 6.07) is 11.3. The minimum Gasteiger partial charge on any atom is -0.452 e. The molecule has 0 unspecified atom stereocenters. The third-order valence-electron chi connectivity index (χ3n) is 4.82. The first kappa shape index (κ1) is 22.8. The molecule has 0 radical (unpaired) electrons. The molecule has 8 heteroatoms. The van der Waals surface area contributed by atoms with Crippen molar-refractivity contribution < 1.29 is 14.3 Å². The van der Waals surface area contributed by atoms with Gasteiger partial charge < -0.3 is 10.1 Å². The number of carbonyl (C=O) groups is 2. The molecule has 0 saturated carbocycles. The van der Waals surface area contributed by atoms with Crippen LogP contribution >= 0.6 is 23.2 Å². The number of hydrogen-bond donors (Lipinski definition) is 1. The normalized spacial score (nSPS) is 10.8. The van der Waals surface area contributed by atoms with Crippen molar-refractivity contribution in [3.8, 4) is 0 Å². The molecule has 0 spiro atoms. The SMILES string of the molecule is Cc1cc(C)c(NC(=O)COC(=O)c2c(C)nn(Cc3ccccc3Cl)c2Cl)c(C)c1. The van der Waals surface area contributed by atoms with Gasteiger partial charge >= 0.3 is 5.97 Å². The molecule has 1 heterocycles. The van der Waals surface area contributed by atoms with E-state index in [0.29, 0.717) is 22.9 Å². The second-order valence-corrected chi connectivity index (χ2v) is 8.16. The van der Waals surface area contributed by atoms with Crippen LogP contribution in [0.4, 0.5) is 5.69 Å². The number of aromatic nitrogens is 2. The number of esters is 1. The molecule has 1 amide bonds. The Morgan fingerprint density at radius 3 is 2.35 bits per heavy atom. The highest BCUT2D eigenvalue weighted by Gasteiger charge is 2.23. The second-order valence-electron chi connectivity index (χ2n) is 7.40. The molecule has 162 valence electrons. The molecule has 0 saturated heterocycles. The van der Waals surface area contributed by atoms with Gasteiger partial charge in [0.1, 0.15) is 10.7 Å². The summed E-state index contributed by atoms with van der Waals surface area (Å²) in [7, 11) is 0. The first-order valence-electron chi connectivity index (χ1n) is 9.68. The molecule has 1 aromatic heterocycles. The van der Waals surface area contributed by atoms with Crippen LogP contribution in [0.2, 0.25) is 10.2 Å². The number of nitrogens with one attached hydrogen (secondary N) is 1. The third kappa shape index (κ3) is 5.27. The zero-order chi connectivity index (χ0) is 22.7. The average Bonchev–Trinajstić information content (AvgIpc) is 2.97. The number of rotatable bonds is 6. The van der Waals surface area contributed by atoms with Crippen molar-refractivity contribution in [3.63, 3.8) is 0 Å². The van der Waals surface area contributed by atoms with E-state index in [1.807, 2.05) is 51.1 Å². The van der Waals surface area contributed by atoms with Gasteiger partial charge in [-0.1, -0.05) is 59.1 Å². The van der Waals surface area contributed by atoms with Gasteiger partial charge in [0.05, 0.1) is 12.2 Å². The van der Waals surface area contributed by atoms with E-state index in [2.05, 4.69) is 10.4 Å². The summed E-state index contributed by atoms with van der Waals surface area (Å²) >= 11 is 12.6. The predicted molar refractivity (Wildman–Crippen MR) is 122 cm³/mol. The highest BCUT2D eigenvalue weighted by atomic mass is 35.5. The number of benzene rings is 2. The Hall–Kier alpha value is -2.83. The molecule has 2 aromatic carbocycles. The highest BCUT2D eigenvalue weighted by Crippen LogP contribution is 2.25. The molecule has 3 rings (SSSR count). The van der Waals surface area contributed by atoms with Gasteiger partial charge in [-0.3, -0.25) is 4.79 Å². The van der Waals surface area contributed by atoms with Crippen LogP contribution in [-0.2, 0) is 16.1 Å². The van der Waals surface area contributed by atoms with Crippen molar-refractivity contribution in [1.82, 2.24) is 9.78 Å². The fourth-order valence-electron chi connectivity index (χ4n) is 3.43. The smallest absolute Gasteiger partial charge is 0.343 e. The Kier molecular flexibility index (Phi) is 7.03. The lowest BCUT2D eigenvalue weighted by Crippen LogP contribution is -2.22. The van der Waals surface area contributed by atoms with Crippen LogP contribution in [0, 0.1) is 27.7 Å². The molecule has 3 aromatic rings. The van der Waals surface area contributed by atoms with Crippen LogP contribution in [0.25, 0.3) is 0 Å². The van der Waals surface area contributed by atoms with Crippen molar-refractivity contribution in [2.24, 2.45) is 0 Å². The van der Waals surface area contributed by atoms with E-state index in [1.165, 1.54) is 4.68 Å². The average molecular weight is 460 g/mol. The maximum absolute atomic E-state index is 12.6. The van der Waals surface area contributed by atoms with Crippen LogP contribution in [0.5, 0.6) is 0 Å². The van der Waals surface area contributed by atoms with Crippen molar-refractivity contribution >= 4 is 40.8 Å². The van der Waals surface area contributed by atoms with Gasteiger partial charge in [0.15, 0.2) is 6.61 Å². The van der Waals surface area contributed by atoms with E-state index in [-0.39, 0.29) is 10.7 Å². The van der Waals surface area contributed by atoms with E-state index in [0.717, 1.165) is 22.3 Å². The van der Waals surface area contributed by atoms with Gasteiger partial charge in [-0.25, -0.2) is 9.48 Å². The van der Waals surface area contributed by atoms with E-state index in [4.69, 9.17) is 27.9 Å². The summed E-state index contributed by atoms with van der Waals surface area (Å²) in [6.45, 7) is 7.35. The Bertz CT molecular complexity index is 1130. The largest absolute Gasteiger partial charge is 0.452 e. The summed E-state index contributed by atoms with van der Waals surface area (Å²) in [6.07, 6.45) is 0. The Morgan fingerprint density at radius 2 is 1.71 bits per heavy atom. The molecular weight excluding hydrogens is 437 g/mol. The summed E-state index contributed by atoms with van der Waals surface area (Å²) in [5.74, 6) is -1.14. The van der Waals surface area contributed by atoms with E-state index in [1.54, 1.807) is 13.0 Å².